The van der Waals surface area contributed by atoms with E-state index in [2.05, 4.69) is 74.4 Å². The van der Waals surface area contributed by atoms with Gasteiger partial charge in [0.05, 0.1) is 5.03 Å². The summed E-state index contributed by atoms with van der Waals surface area (Å²) in [5.74, 6) is 0.995. The van der Waals surface area contributed by atoms with Gasteiger partial charge in [-0.15, -0.1) is 11.8 Å². The molecule has 2 rings (SSSR count). The number of aryl methyl sites for hydroxylation is 3. The minimum absolute atomic E-state index is 0.365. The number of aromatic nitrogens is 1. The van der Waals surface area contributed by atoms with E-state index in [0.29, 0.717) is 6.04 Å². The van der Waals surface area contributed by atoms with Crippen LogP contribution in [0.2, 0.25) is 0 Å². The van der Waals surface area contributed by atoms with Gasteiger partial charge in [0, 0.05) is 17.5 Å². The monoisotopic (exact) mass is 300 g/mol. The van der Waals surface area contributed by atoms with Gasteiger partial charge in [-0.05, 0) is 56.1 Å². The lowest BCUT2D eigenvalue weighted by atomic mass is 10.0. The number of hydrogen-bond donors (Lipinski definition) is 1. The van der Waals surface area contributed by atoms with Crippen LogP contribution in [-0.4, -0.2) is 17.3 Å². The van der Waals surface area contributed by atoms with Gasteiger partial charge in [0.15, 0.2) is 0 Å². The molecule has 0 saturated carbocycles. The summed E-state index contributed by atoms with van der Waals surface area (Å²) in [6, 6.07) is 13.3. The Bertz CT molecular complexity index is 575. The lowest BCUT2D eigenvalue weighted by molar-refractivity contribution is 0.603. The Kier molecular flexibility index (Phi) is 5.83. The van der Waals surface area contributed by atoms with Gasteiger partial charge >= 0.3 is 0 Å². The van der Waals surface area contributed by atoms with Crippen LogP contribution in [0.25, 0.3) is 0 Å². The molecule has 1 N–H and O–H groups in total. The Balaban J connectivity index is 2.12. The molecule has 112 valence electrons. The van der Waals surface area contributed by atoms with Crippen LogP contribution >= 0.6 is 11.8 Å². The number of hydrogen-bond acceptors (Lipinski definition) is 3. The number of rotatable bonds is 6. The van der Waals surface area contributed by atoms with Crippen molar-refractivity contribution in [3.8, 4) is 0 Å². The molecule has 0 aliphatic rings. The lowest BCUT2D eigenvalue weighted by Crippen LogP contribution is -2.23. The normalized spacial score (nSPS) is 12.4. The van der Waals surface area contributed by atoms with Crippen molar-refractivity contribution in [1.29, 1.82) is 0 Å². The van der Waals surface area contributed by atoms with E-state index in [4.69, 9.17) is 0 Å². The first-order valence-electron chi connectivity index (χ1n) is 7.47. The largest absolute Gasteiger partial charge is 0.309 e. The van der Waals surface area contributed by atoms with Crippen LogP contribution in [0.5, 0.6) is 0 Å². The molecule has 1 aromatic carbocycles. The van der Waals surface area contributed by atoms with E-state index in [1.165, 1.54) is 16.7 Å². The van der Waals surface area contributed by atoms with Crippen LogP contribution in [0.3, 0.4) is 0 Å². The van der Waals surface area contributed by atoms with Crippen LogP contribution in [0.15, 0.2) is 41.4 Å². The molecule has 3 heteroatoms. The van der Waals surface area contributed by atoms with E-state index in [-0.39, 0.29) is 0 Å². The maximum Gasteiger partial charge on any atom is 0.0966 e. The summed E-state index contributed by atoms with van der Waals surface area (Å²) in [4.78, 5) is 4.62. The van der Waals surface area contributed by atoms with E-state index in [1.54, 1.807) is 0 Å². The Labute approximate surface area is 132 Å². The maximum absolute atomic E-state index is 4.62. The highest BCUT2D eigenvalue weighted by atomic mass is 32.2. The molecule has 0 aliphatic carbocycles. The predicted octanol–water partition coefficient (Wildman–Crippen LogP) is 4.45. The molecule has 21 heavy (non-hydrogen) atoms. The molecular weight excluding hydrogens is 276 g/mol. The minimum Gasteiger partial charge on any atom is -0.309 e. The summed E-state index contributed by atoms with van der Waals surface area (Å²) in [5, 5.41) is 4.71. The molecule has 0 amide bonds. The standard InChI is InChI=1S/C18H24N2S/c1-5-19-17(16-9-7-6-8-14(16)3)12-21-18-11-13(2)10-15(4)20-18/h6-11,17,19H,5,12H2,1-4H3. The first kappa shape index (κ1) is 16.1. The maximum atomic E-state index is 4.62. The summed E-state index contributed by atoms with van der Waals surface area (Å²) >= 11 is 1.83. The summed E-state index contributed by atoms with van der Waals surface area (Å²) in [5.41, 5.74) is 5.10. The Hall–Kier alpha value is -1.32. The van der Waals surface area contributed by atoms with Gasteiger partial charge in [0.25, 0.3) is 0 Å². The number of nitrogens with one attached hydrogen (secondary N) is 1. The lowest BCUT2D eigenvalue weighted by Gasteiger charge is -2.20. The topological polar surface area (TPSA) is 24.9 Å². The Morgan fingerprint density at radius 1 is 1.14 bits per heavy atom. The zero-order valence-electron chi connectivity index (χ0n) is 13.3. The van der Waals surface area contributed by atoms with Gasteiger partial charge in [-0.25, -0.2) is 4.98 Å². The highest BCUT2D eigenvalue weighted by Crippen LogP contribution is 2.26. The molecule has 0 saturated heterocycles. The molecule has 2 nitrogen and oxygen atoms in total. The number of benzene rings is 1. The molecular formula is C18H24N2S. The van der Waals surface area contributed by atoms with E-state index in [1.807, 2.05) is 11.8 Å². The zero-order valence-corrected chi connectivity index (χ0v) is 14.1. The van der Waals surface area contributed by atoms with Gasteiger partial charge in [0.2, 0.25) is 0 Å². The zero-order chi connectivity index (χ0) is 15.2. The third-order valence-electron chi connectivity index (χ3n) is 3.49. The summed E-state index contributed by atoms with van der Waals surface area (Å²) in [6.07, 6.45) is 0. The minimum atomic E-state index is 0.365. The van der Waals surface area contributed by atoms with Crippen molar-refractivity contribution in [2.45, 2.75) is 38.8 Å². The predicted molar refractivity (Wildman–Crippen MR) is 92.0 cm³/mol. The van der Waals surface area contributed by atoms with Crippen molar-refractivity contribution in [2.75, 3.05) is 12.3 Å². The second-order valence-electron chi connectivity index (χ2n) is 5.40. The molecule has 0 bridgehead atoms. The quantitative estimate of drug-likeness (QED) is 0.798. The van der Waals surface area contributed by atoms with Crippen LogP contribution in [-0.2, 0) is 0 Å². The molecule has 1 atom stereocenters. The number of thioether (sulfide) groups is 1. The van der Waals surface area contributed by atoms with E-state index in [0.717, 1.165) is 23.0 Å². The van der Waals surface area contributed by atoms with E-state index in [9.17, 15) is 0 Å². The first-order chi connectivity index (χ1) is 10.1. The van der Waals surface area contributed by atoms with Gasteiger partial charge in [-0.2, -0.15) is 0 Å². The van der Waals surface area contributed by atoms with Crippen molar-refractivity contribution < 1.29 is 0 Å². The Morgan fingerprint density at radius 3 is 2.57 bits per heavy atom. The van der Waals surface area contributed by atoms with Gasteiger partial charge < -0.3 is 5.32 Å². The molecule has 0 spiro atoms. The average molecular weight is 300 g/mol. The summed E-state index contributed by atoms with van der Waals surface area (Å²) in [7, 11) is 0. The summed E-state index contributed by atoms with van der Waals surface area (Å²) in [6.45, 7) is 9.49. The van der Waals surface area contributed by atoms with Crippen molar-refractivity contribution in [3.05, 3.63) is 58.8 Å². The molecule has 2 aromatic rings. The van der Waals surface area contributed by atoms with Crippen molar-refractivity contribution in [3.63, 3.8) is 0 Å². The number of nitrogens with zero attached hydrogens (tertiary/aromatic N) is 1. The SMILES string of the molecule is CCNC(CSc1cc(C)cc(C)n1)c1ccccc1C. The van der Waals surface area contributed by atoms with E-state index < -0.39 is 0 Å². The van der Waals surface area contributed by atoms with Crippen molar-refractivity contribution in [1.82, 2.24) is 10.3 Å². The second-order valence-corrected chi connectivity index (χ2v) is 6.44. The average Bonchev–Trinajstić information content (AvgIpc) is 2.43. The van der Waals surface area contributed by atoms with Gasteiger partial charge in [0.1, 0.15) is 0 Å². The number of pyridine rings is 1. The molecule has 1 aromatic heterocycles. The fourth-order valence-corrected chi connectivity index (χ4v) is 3.64. The molecule has 1 unspecified atom stereocenters. The first-order valence-corrected chi connectivity index (χ1v) is 8.45. The van der Waals surface area contributed by atoms with Gasteiger partial charge in [-0.3, -0.25) is 0 Å². The molecule has 1 heterocycles. The molecule has 0 fully saturated rings. The fraction of sp³-hybridized carbons (Fsp3) is 0.389. The van der Waals surface area contributed by atoms with Crippen LogP contribution in [0, 0.1) is 20.8 Å². The fourth-order valence-electron chi connectivity index (χ4n) is 2.53. The third kappa shape index (κ3) is 4.58. The highest BCUT2D eigenvalue weighted by Gasteiger charge is 2.13. The highest BCUT2D eigenvalue weighted by molar-refractivity contribution is 7.99. The van der Waals surface area contributed by atoms with E-state index >= 15 is 0 Å². The Morgan fingerprint density at radius 2 is 1.90 bits per heavy atom. The van der Waals surface area contributed by atoms with Crippen LogP contribution in [0.4, 0.5) is 0 Å². The molecule has 0 radical (unpaired) electrons. The second kappa shape index (κ2) is 7.62. The smallest absolute Gasteiger partial charge is 0.0966 e. The van der Waals surface area contributed by atoms with Crippen LogP contribution in [0.1, 0.15) is 35.3 Å². The summed E-state index contributed by atoms with van der Waals surface area (Å²) < 4.78 is 0. The van der Waals surface area contributed by atoms with Crippen molar-refractivity contribution >= 4 is 11.8 Å². The third-order valence-corrected chi connectivity index (χ3v) is 4.49. The van der Waals surface area contributed by atoms with Crippen molar-refractivity contribution in [2.24, 2.45) is 0 Å². The van der Waals surface area contributed by atoms with Crippen LogP contribution < -0.4 is 5.32 Å². The van der Waals surface area contributed by atoms with Gasteiger partial charge in [-0.1, -0.05) is 31.2 Å². The molecule has 0 aliphatic heterocycles.